The standard InChI is InChI=1S/C20H23NO2/c1-14(2)16-7-10-20(23-4)19(12-16)17(13-21)11-15-5-8-18(22-3)9-6-15/h5-10,12,14,17H,11H2,1-4H3. The molecule has 0 saturated heterocycles. The van der Waals surface area contributed by atoms with Gasteiger partial charge in [-0.3, -0.25) is 0 Å². The minimum atomic E-state index is -0.239. The Morgan fingerprint density at radius 3 is 2.22 bits per heavy atom. The fraction of sp³-hybridized carbons (Fsp3) is 0.350. The Hall–Kier alpha value is -2.47. The Bertz CT molecular complexity index is 684. The fourth-order valence-corrected chi connectivity index (χ4v) is 2.61. The highest BCUT2D eigenvalue weighted by Gasteiger charge is 2.18. The molecule has 0 heterocycles. The lowest BCUT2D eigenvalue weighted by molar-refractivity contribution is 0.407. The molecule has 120 valence electrons. The highest BCUT2D eigenvalue weighted by molar-refractivity contribution is 5.44. The van der Waals surface area contributed by atoms with Gasteiger partial charge >= 0.3 is 0 Å². The van der Waals surface area contributed by atoms with Gasteiger partial charge in [0, 0.05) is 5.56 Å². The van der Waals surface area contributed by atoms with Crippen molar-refractivity contribution in [2.24, 2.45) is 0 Å². The minimum Gasteiger partial charge on any atom is -0.497 e. The van der Waals surface area contributed by atoms with E-state index in [-0.39, 0.29) is 5.92 Å². The first-order valence-corrected chi connectivity index (χ1v) is 7.79. The third kappa shape index (κ3) is 4.04. The maximum Gasteiger partial charge on any atom is 0.123 e. The largest absolute Gasteiger partial charge is 0.497 e. The van der Waals surface area contributed by atoms with E-state index in [9.17, 15) is 5.26 Å². The van der Waals surface area contributed by atoms with Crippen LogP contribution in [-0.2, 0) is 6.42 Å². The number of rotatable bonds is 6. The average Bonchev–Trinajstić information content (AvgIpc) is 2.59. The number of methoxy groups -OCH3 is 2. The Balaban J connectivity index is 2.32. The van der Waals surface area contributed by atoms with Gasteiger partial charge in [0.1, 0.15) is 11.5 Å². The van der Waals surface area contributed by atoms with Crippen molar-refractivity contribution in [2.75, 3.05) is 14.2 Å². The van der Waals surface area contributed by atoms with Crippen LogP contribution < -0.4 is 9.47 Å². The van der Waals surface area contributed by atoms with Crippen LogP contribution in [0.2, 0.25) is 0 Å². The van der Waals surface area contributed by atoms with E-state index in [0.717, 1.165) is 22.6 Å². The van der Waals surface area contributed by atoms with Gasteiger partial charge in [-0.15, -0.1) is 0 Å². The molecule has 0 radical (unpaired) electrons. The Morgan fingerprint density at radius 2 is 1.70 bits per heavy atom. The van der Waals surface area contributed by atoms with Crippen molar-refractivity contribution in [3.05, 3.63) is 59.2 Å². The molecular formula is C20H23NO2. The molecule has 1 atom stereocenters. The summed E-state index contributed by atoms with van der Waals surface area (Å²) in [4.78, 5) is 0. The normalized spacial score (nSPS) is 11.8. The number of benzene rings is 2. The number of nitrogens with zero attached hydrogens (tertiary/aromatic N) is 1. The highest BCUT2D eigenvalue weighted by atomic mass is 16.5. The van der Waals surface area contributed by atoms with Crippen molar-refractivity contribution < 1.29 is 9.47 Å². The van der Waals surface area contributed by atoms with Gasteiger partial charge in [-0.25, -0.2) is 0 Å². The van der Waals surface area contributed by atoms with Gasteiger partial charge < -0.3 is 9.47 Å². The van der Waals surface area contributed by atoms with Crippen LogP contribution in [0.3, 0.4) is 0 Å². The topological polar surface area (TPSA) is 42.2 Å². The van der Waals surface area contributed by atoms with E-state index < -0.39 is 0 Å². The summed E-state index contributed by atoms with van der Waals surface area (Å²) < 4.78 is 10.6. The summed E-state index contributed by atoms with van der Waals surface area (Å²) in [5.74, 6) is 1.77. The summed E-state index contributed by atoms with van der Waals surface area (Å²) >= 11 is 0. The summed E-state index contributed by atoms with van der Waals surface area (Å²) in [5.41, 5.74) is 3.28. The summed E-state index contributed by atoms with van der Waals surface area (Å²) in [6.07, 6.45) is 0.651. The molecule has 0 N–H and O–H groups in total. The van der Waals surface area contributed by atoms with Crippen LogP contribution in [0, 0.1) is 11.3 Å². The van der Waals surface area contributed by atoms with Crippen molar-refractivity contribution >= 4 is 0 Å². The molecule has 3 heteroatoms. The first kappa shape index (κ1) is 16.9. The van der Waals surface area contributed by atoms with Crippen LogP contribution in [0.15, 0.2) is 42.5 Å². The lowest BCUT2D eigenvalue weighted by Gasteiger charge is -2.17. The third-order valence-corrected chi connectivity index (χ3v) is 4.05. The molecule has 0 fully saturated rings. The maximum absolute atomic E-state index is 9.66. The van der Waals surface area contributed by atoms with Crippen LogP contribution in [0.1, 0.15) is 42.4 Å². The fourth-order valence-electron chi connectivity index (χ4n) is 2.61. The molecule has 1 unspecified atom stereocenters. The third-order valence-electron chi connectivity index (χ3n) is 4.05. The zero-order valence-electron chi connectivity index (χ0n) is 14.2. The molecule has 0 aliphatic heterocycles. The molecule has 23 heavy (non-hydrogen) atoms. The van der Waals surface area contributed by atoms with Gasteiger partial charge in [0.05, 0.1) is 26.2 Å². The van der Waals surface area contributed by atoms with E-state index in [0.29, 0.717) is 12.3 Å². The first-order chi connectivity index (χ1) is 11.1. The number of hydrogen-bond acceptors (Lipinski definition) is 3. The van der Waals surface area contributed by atoms with Gasteiger partial charge in [-0.05, 0) is 41.7 Å². The summed E-state index contributed by atoms with van der Waals surface area (Å²) in [7, 11) is 3.30. The molecule has 2 rings (SSSR count). The second-order valence-corrected chi connectivity index (χ2v) is 5.89. The van der Waals surface area contributed by atoms with Crippen molar-refractivity contribution in [1.29, 1.82) is 5.26 Å². The monoisotopic (exact) mass is 309 g/mol. The lowest BCUT2D eigenvalue weighted by atomic mass is 9.89. The predicted octanol–water partition coefficient (Wildman–Crippen LogP) is 4.68. The Kier molecular flexibility index (Phi) is 5.65. The van der Waals surface area contributed by atoms with Crippen molar-refractivity contribution in [1.82, 2.24) is 0 Å². The molecule has 0 aliphatic carbocycles. The molecule has 3 nitrogen and oxygen atoms in total. The molecule has 2 aromatic rings. The zero-order valence-corrected chi connectivity index (χ0v) is 14.2. The van der Waals surface area contributed by atoms with Crippen molar-refractivity contribution in [2.45, 2.75) is 32.1 Å². The smallest absolute Gasteiger partial charge is 0.123 e. The Labute approximate surface area is 138 Å². The zero-order chi connectivity index (χ0) is 16.8. The average molecular weight is 309 g/mol. The van der Waals surface area contributed by atoms with Crippen LogP contribution in [0.4, 0.5) is 0 Å². The van der Waals surface area contributed by atoms with Crippen molar-refractivity contribution in [3.8, 4) is 17.6 Å². The van der Waals surface area contributed by atoms with Gasteiger partial charge in [0.25, 0.3) is 0 Å². The van der Waals surface area contributed by atoms with Crippen LogP contribution >= 0.6 is 0 Å². The van der Waals surface area contributed by atoms with Gasteiger partial charge in [-0.2, -0.15) is 5.26 Å². The first-order valence-electron chi connectivity index (χ1n) is 7.79. The van der Waals surface area contributed by atoms with Crippen LogP contribution in [0.5, 0.6) is 11.5 Å². The highest BCUT2D eigenvalue weighted by Crippen LogP contribution is 2.32. The van der Waals surface area contributed by atoms with E-state index in [2.05, 4.69) is 32.0 Å². The second kappa shape index (κ2) is 7.69. The molecule has 2 aromatic carbocycles. The molecule has 0 aliphatic rings. The predicted molar refractivity (Wildman–Crippen MR) is 92.1 cm³/mol. The minimum absolute atomic E-state index is 0.239. The summed E-state index contributed by atoms with van der Waals surface area (Å²) in [6.45, 7) is 4.30. The van der Waals surface area contributed by atoms with E-state index in [4.69, 9.17) is 9.47 Å². The maximum atomic E-state index is 9.66. The van der Waals surface area contributed by atoms with Crippen LogP contribution in [-0.4, -0.2) is 14.2 Å². The molecule has 0 aromatic heterocycles. The Morgan fingerprint density at radius 1 is 1.00 bits per heavy atom. The van der Waals surface area contributed by atoms with E-state index in [1.807, 2.05) is 30.3 Å². The summed E-state index contributed by atoms with van der Waals surface area (Å²) in [5, 5.41) is 9.66. The molecule has 0 bridgehead atoms. The molecule has 0 saturated carbocycles. The van der Waals surface area contributed by atoms with E-state index in [1.54, 1.807) is 14.2 Å². The van der Waals surface area contributed by atoms with E-state index >= 15 is 0 Å². The molecule has 0 amide bonds. The SMILES string of the molecule is COc1ccc(CC(C#N)c2cc(C(C)C)ccc2OC)cc1. The molecular weight excluding hydrogens is 286 g/mol. The van der Waals surface area contributed by atoms with Gasteiger partial charge in [-0.1, -0.05) is 38.1 Å². The lowest BCUT2D eigenvalue weighted by Crippen LogP contribution is -2.04. The van der Waals surface area contributed by atoms with E-state index in [1.165, 1.54) is 5.56 Å². The summed E-state index contributed by atoms with van der Waals surface area (Å²) in [6, 6.07) is 16.4. The quantitative estimate of drug-likeness (QED) is 0.778. The van der Waals surface area contributed by atoms with Gasteiger partial charge in [0.15, 0.2) is 0 Å². The number of nitriles is 1. The van der Waals surface area contributed by atoms with Gasteiger partial charge in [0.2, 0.25) is 0 Å². The number of hydrogen-bond donors (Lipinski definition) is 0. The molecule has 0 spiro atoms. The number of ether oxygens (including phenoxy) is 2. The second-order valence-electron chi connectivity index (χ2n) is 5.89. The van der Waals surface area contributed by atoms with Crippen LogP contribution in [0.25, 0.3) is 0 Å². The van der Waals surface area contributed by atoms with Crippen molar-refractivity contribution in [3.63, 3.8) is 0 Å².